The Morgan fingerprint density at radius 3 is 2.86 bits per heavy atom. The van der Waals surface area contributed by atoms with Crippen molar-refractivity contribution in [3.8, 4) is 0 Å². The number of carbonyl (C=O) groups is 2. The van der Waals surface area contributed by atoms with Gasteiger partial charge in [0.2, 0.25) is 5.91 Å². The first-order valence-electron chi connectivity index (χ1n) is 7.40. The molecule has 6 nitrogen and oxygen atoms in total. The molecule has 1 unspecified atom stereocenters. The van der Waals surface area contributed by atoms with E-state index < -0.39 is 5.82 Å². The number of likely N-dealkylation sites (tertiary alicyclic amines) is 1. The second-order valence-electron chi connectivity index (χ2n) is 5.27. The van der Waals surface area contributed by atoms with Gasteiger partial charge in [-0.3, -0.25) is 4.79 Å². The third-order valence-corrected chi connectivity index (χ3v) is 3.64. The van der Waals surface area contributed by atoms with Gasteiger partial charge in [0.05, 0.1) is 11.6 Å². The van der Waals surface area contributed by atoms with E-state index >= 15 is 0 Å². The average Bonchev–Trinajstić information content (AvgIpc) is 2.54. The Labute approximate surface area is 128 Å². The normalized spacial score (nSPS) is 17.9. The zero-order chi connectivity index (χ0) is 15.9. The van der Waals surface area contributed by atoms with Crippen molar-refractivity contribution in [2.24, 2.45) is 11.7 Å². The van der Waals surface area contributed by atoms with Crippen LogP contribution in [-0.4, -0.2) is 43.0 Å². The van der Waals surface area contributed by atoms with Crippen molar-refractivity contribution >= 4 is 17.6 Å². The molecular formula is C15H21FN4O2. The average molecular weight is 308 g/mol. The van der Waals surface area contributed by atoms with Crippen molar-refractivity contribution in [2.45, 2.75) is 12.8 Å². The lowest BCUT2D eigenvalue weighted by atomic mass is 9.97. The van der Waals surface area contributed by atoms with Crippen LogP contribution >= 0.6 is 0 Å². The fourth-order valence-corrected chi connectivity index (χ4v) is 2.47. The first-order chi connectivity index (χ1) is 10.6. The molecule has 1 aromatic rings. The largest absolute Gasteiger partial charge is 0.355 e. The summed E-state index contributed by atoms with van der Waals surface area (Å²) < 4.78 is 13.6. The van der Waals surface area contributed by atoms with Crippen molar-refractivity contribution in [1.82, 2.24) is 10.2 Å². The van der Waals surface area contributed by atoms with E-state index in [1.165, 1.54) is 12.1 Å². The quantitative estimate of drug-likeness (QED) is 0.779. The number of piperidine rings is 1. The maximum Gasteiger partial charge on any atom is 0.321 e. The molecule has 1 aliphatic heterocycles. The molecule has 0 aromatic heterocycles. The van der Waals surface area contributed by atoms with Crippen molar-refractivity contribution in [1.29, 1.82) is 0 Å². The molecule has 1 fully saturated rings. The molecule has 22 heavy (non-hydrogen) atoms. The number of carbonyl (C=O) groups excluding carboxylic acids is 2. The van der Waals surface area contributed by atoms with E-state index in [-0.39, 0.29) is 23.5 Å². The number of benzene rings is 1. The molecule has 0 spiro atoms. The second kappa shape index (κ2) is 7.74. The summed E-state index contributed by atoms with van der Waals surface area (Å²) >= 11 is 0. The molecule has 7 heteroatoms. The molecule has 1 saturated heterocycles. The van der Waals surface area contributed by atoms with Gasteiger partial charge in [0.25, 0.3) is 0 Å². The summed E-state index contributed by atoms with van der Waals surface area (Å²) in [5, 5.41) is 5.28. The summed E-state index contributed by atoms with van der Waals surface area (Å²) in [6.07, 6.45) is 1.48. The minimum absolute atomic E-state index is 0.0890. The van der Waals surface area contributed by atoms with Crippen molar-refractivity contribution in [3.63, 3.8) is 0 Å². The van der Waals surface area contributed by atoms with Crippen LogP contribution in [0.25, 0.3) is 0 Å². The number of halogens is 1. The van der Waals surface area contributed by atoms with Gasteiger partial charge in [-0.25, -0.2) is 9.18 Å². The summed E-state index contributed by atoms with van der Waals surface area (Å²) in [5.74, 6) is -0.814. The minimum Gasteiger partial charge on any atom is -0.355 e. The lowest BCUT2D eigenvalue weighted by Crippen LogP contribution is -2.47. The van der Waals surface area contributed by atoms with Crippen LogP contribution in [0.15, 0.2) is 24.3 Å². The van der Waals surface area contributed by atoms with Gasteiger partial charge in [-0.2, -0.15) is 0 Å². The SMILES string of the molecule is NCCNC(=O)C1CCCN(C(=O)Nc2ccccc2F)C1. The maximum atomic E-state index is 13.6. The van der Waals surface area contributed by atoms with E-state index in [4.69, 9.17) is 5.73 Å². The third kappa shape index (κ3) is 4.17. The smallest absolute Gasteiger partial charge is 0.321 e. The lowest BCUT2D eigenvalue weighted by Gasteiger charge is -2.32. The Balaban J connectivity index is 1.93. The molecule has 0 bridgehead atoms. The second-order valence-corrected chi connectivity index (χ2v) is 5.27. The summed E-state index contributed by atoms with van der Waals surface area (Å²) in [6, 6.07) is 5.61. The molecule has 120 valence electrons. The van der Waals surface area contributed by atoms with Gasteiger partial charge < -0.3 is 21.3 Å². The number of urea groups is 1. The number of hydrogen-bond acceptors (Lipinski definition) is 3. The summed E-state index contributed by atoms with van der Waals surface area (Å²) in [5.41, 5.74) is 5.50. The lowest BCUT2D eigenvalue weighted by molar-refractivity contribution is -0.126. The van der Waals surface area contributed by atoms with Crippen molar-refractivity contribution in [3.05, 3.63) is 30.1 Å². The molecule has 1 aromatic carbocycles. The first-order valence-corrected chi connectivity index (χ1v) is 7.40. The van der Waals surface area contributed by atoms with Gasteiger partial charge in [-0.15, -0.1) is 0 Å². The molecule has 1 aliphatic rings. The van der Waals surface area contributed by atoms with E-state index in [9.17, 15) is 14.0 Å². The van der Waals surface area contributed by atoms with E-state index in [0.29, 0.717) is 26.2 Å². The van der Waals surface area contributed by atoms with Crippen LogP contribution in [0, 0.1) is 11.7 Å². The topological polar surface area (TPSA) is 87.5 Å². The molecule has 1 heterocycles. The number of hydrogen-bond donors (Lipinski definition) is 3. The first kappa shape index (κ1) is 16.2. The zero-order valence-corrected chi connectivity index (χ0v) is 12.3. The Kier molecular flexibility index (Phi) is 5.71. The number of amides is 3. The number of nitrogens with one attached hydrogen (secondary N) is 2. The molecule has 0 radical (unpaired) electrons. The molecule has 2 rings (SSSR count). The molecule has 1 atom stereocenters. The van der Waals surface area contributed by atoms with Crippen LogP contribution in [0.3, 0.4) is 0 Å². The zero-order valence-electron chi connectivity index (χ0n) is 12.3. The number of para-hydroxylation sites is 1. The van der Waals surface area contributed by atoms with Gasteiger partial charge in [0.1, 0.15) is 5.82 Å². The minimum atomic E-state index is -0.481. The van der Waals surface area contributed by atoms with Crippen molar-refractivity contribution in [2.75, 3.05) is 31.5 Å². The van der Waals surface area contributed by atoms with Gasteiger partial charge >= 0.3 is 6.03 Å². The molecule has 4 N–H and O–H groups in total. The highest BCUT2D eigenvalue weighted by Crippen LogP contribution is 2.19. The van der Waals surface area contributed by atoms with Gasteiger partial charge in [-0.1, -0.05) is 12.1 Å². The van der Waals surface area contributed by atoms with E-state index in [1.54, 1.807) is 17.0 Å². The van der Waals surface area contributed by atoms with Gasteiger partial charge in [0.15, 0.2) is 0 Å². The Bertz CT molecular complexity index is 538. The Hall–Kier alpha value is -2.15. The van der Waals surface area contributed by atoms with Crippen molar-refractivity contribution < 1.29 is 14.0 Å². The molecule has 0 aliphatic carbocycles. The number of rotatable bonds is 4. The highest BCUT2D eigenvalue weighted by atomic mass is 19.1. The molecule has 3 amide bonds. The van der Waals surface area contributed by atoms with Crippen LogP contribution in [0.2, 0.25) is 0 Å². The van der Waals surface area contributed by atoms with E-state index in [1.807, 2.05) is 0 Å². The summed E-state index contributed by atoms with van der Waals surface area (Å²) in [6.45, 7) is 1.70. The van der Waals surface area contributed by atoms with Crippen LogP contribution in [0.5, 0.6) is 0 Å². The fourth-order valence-electron chi connectivity index (χ4n) is 2.47. The van der Waals surface area contributed by atoms with Crippen LogP contribution in [-0.2, 0) is 4.79 Å². The molecule has 0 saturated carbocycles. The summed E-state index contributed by atoms with van der Waals surface area (Å²) in [7, 11) is 0. The van der Waals surface area contributed by atoms with Crippen LogP contribution in [0.1, 0.15) is 12.8 Å². The Morgan fingerprint density at radius 1 is 1.36 bits per heavy atom. The predicted molar refractivity (Wildman–Crippen MR) is 81.8 cm³/mol. The number of anilines is 1. The fraction of sp³-hybridized carbons (Fsp3) is 0.467. The monoisotopic (exact) mass is 308 g/mol. The summed E-state index contributed by atoms with van der Waals surface area (Å²) in [4.78, 5) is 25.7. The standard InChI is InChI=1S/C15H21FN4O2/c16-12-5-1-2-6-13(12)19-15(22)20-9-3-4-11(10-20)14(21)18-8-7-17/h1-2,5-6,11H,3-4,7-10,17H2,(H,18,21)(H,19,22). The predicted octanol–water partition coefficient (Wildman–Crippen LogP) is 1.14. The Morgan fingerprint density at radius 2 is 2.14 bits per heavy atom. The molecular weight excluding hydrogens is 287 g/mol. The van der Waals surface area contributed by atoms with Gasteiger partial charge in [-0.05, 0) is 25.0 Å². The van der Waals surface area contributed by atoms with E-state index in [2.05, 4.69) is 10.6 Å². The third-order valence-electron chi connectivity index (χ3n) is 3.64. The van der Waals surface area contributed by atoms with Crippen LogP contribution < -0.4 is 16.4 Å². The van der Waals surface area contributed by atoms with E-state index in [0.717, 1.165) is 12.8 Å². The van der Waals surface area contributed by atoms with Gasteiger partial charge in [0, 0.05) is 26.2 Å². The highest BCUT2D eigenvalue weighted by molar-refractivity contribution is 5.90. The highest BCUT2D eigenvalue weighted by Gasteiger charge is 2.28. The maximum absolute atomic E-state index is 13.6. The number of nitrogens with two attached hydrogens (primary N) is 1. The van der Waals surface area contributed by atoms with Crippen LogP contribution in [0.4, 0.5) is 14.9 Å². The number of nitrogens with zero attached hydrogens (tertiary/aromatic N) is 1.